The Kier molecular flexibility index (Phi) is 4.50. The Morgan fingerprint density at radius 1 is 1.56 bits per heavy atom. The first kappa shape index (κ1) is 14.7. The molecule has 1 amide bonds. The van der Waals surface area contributed by atoms with Crippen LogP contribution in [0.2, 0.25) is 0 Å². The highest BCUT2D eigenvalue weighted by atomic mass is 32.2. The first-order valence-corrected chi connectivity index (χ1v) is 6.51. The Morgan fingerprint density at radius 2 is 2.17 bits per heavy atom. The lowest BCUT2D eigenvalue weighted by molar-refractivity contribution is -0.157. The fourth-order valence-electron chi connectivity index (χ4n) is 1.51. The SMILES string of the molecule is CC(=O)SCC(C)C(=O)N1N=CCC1(C)C(=O)O. The number of hydrogen-bond acceptors (Lipinski definition) is 5. The molecule has 2 unspecified atom stereocenters. The van der Waals surface area contributed by atoms with E-state index in [0.29, 0.717) is 5.75 Å². The van der Waals surface area contributed by atoms with Gasteiger partial charge in [-0.05, 0) is 6.92 Å². The van der Waals surface area contributed by atoms with Gasteiger partial charge < -0.3 is 5.11 Å². The fraction of sp³-hybridized carbons (Fsp3) is 0.636. The topological polar surface area (TPSA) is 87.0 Å². The Labute approximate surface area is 109 Å². The normalized spacial score (nSPS) is 24.1. The van der Waals surface area contributed by atoms with Crippen molar-refractivity contribution in [2.75, 3.05) is 5.75 Å². The number of hydrogen-bond donors (Lipinski definition) is 1. The van der Waals surface area contributed by atoms with Crippen LogP contribution in [0.1, 0.15) is 27.2 Å². The first-order valence-electron chi connectivity index (χ1n) is 5.52. The molecule has 0 aromatic carbocycles. The van der Waals surface area contributed by atoms with Gasteiger partial charge in [-0.25, -0.2) is 9.80 Å². The second-order valence-corrected chi connectivity index (χ2v) is 5.63. The lowest BCUT2D eigenvalue weighted by Gasteiger charge is -2.30. The molecule has 1 aliphatic rings. The van der Waals surface area contributed by atoms with Gasteiger partial charge in [0.05, 0.1) is 0 Å². The monoisotopic (exact) mass is 272 g/mol. The maximum absolute atomic E-state index is 12.1. The number of rotatable bonds is 4. The van der Waals surface area contributed by atoms with E-state index in [2.05, 4.69) is 5.10 Å². The molecule has 1 N–H and O–H groups in total. The van der Waals surface area contributed by atoms with Crippen molar-refractivity contribution >= 4 is 35.0 Å². The molecule has 0 saturated carbocycles. The van der Waals surface area contributed by atoms with Crippen molar-refractivity contribution in [3.63, 3.8) is 0 Å². The summed E-state index contributed by atoms with van der Waals surface area (Å²) in [5.41, 5.74) is -1.31. The molecule has 6 nitrogen and oxygen atoms in total. The fourth-order valence-corrected chi connectivity index (χ4v) is 2.14. The number of carbonyl (C=O) groups is 3. The molecule has 1 rings (SSSR count). The minimum absolute atomic E-state index is 0.0689. The molecule has 0 spiro atoms. The largest absolute Gasteiger partial charge is 0.479 e. The van der Waals surface area contributed by atoms with Gasteiger partial charge in [-0.3, -0.25) is 9.59 Å². The van der Waals surface area contributed by atoms with Crippen LogP contribution in [0.5, 0.6) is 0 Å². The molecule has 1 aliphatic heterocycles. The number of carbonyl (C=O) groups excluding carboxylic acids is 2. The molecule has 0 aromatic heterocycles. The number of aliphatic carboxylic acids is 1. The second kappa shape index (κ2) is 5.51. The summed E-state index contributed by atoms with van der Waals surface area (Å²) in [6, 6.07) is 0. The number of carboxylic acids is 1. The third kappa shape index (κ3) is 2.90. The van der Waals surface area contributed by atoms with Crippen LogP contribution in [0, 0.1) is 5.92 Å². The summed E-state index contributed by atoms with van der Waals surface area (Å²) < 4.78 is 0. The zero-order valence-electron chi connectivity index (χ0n) is 10.5. The number of hydrazone groups is 1. The Morgan fingerprint density at radius 3 is 2.67 bits per heavy atom. The van der Waals surface area contributed by atoms with Crippen LogP contribution in [0.3, 0.4) is 0 Å². The molecule has 7 heteroatoms. The van der Waals surface area contributed by atoms with Crippen molar-refractivity contribution < 1.29 is 19.5 Å². The van der Waals surface area contributed by atoms with Crippen LogP contribution in [0.4, 0.5) is 0 Å². The van der Waals surface area contributed by atoms with Gasteiger partial charge >= 0.3 is 5.97 Å². The summed E-state index contributed by atoms with van der Waals surface area (Å²) >= 11 is 1.05. The van der Waals surface area contributed by atoms with Gasteiger partial charge in [0.15, 0.2) is 10.7 Å². The van der Waals surface area contributed by atoms with Gasteiger partial charge in [0, 0.05) is 31.2 Å². The van der Waals surface area contributed by atoms with Gasteiger partial charge in [-0.1, -0.05) is 18.7 Å². The van der Waals surface area contributed by atoms with E-state index < -0.39 is 17.4 Å². The van der Waals surface area contributed by atoms with E-state index in [1.807, 2.05) is 0 Å². The van der Waals surface area contributed by atoms with E-state index in [0.717, 1.165) is 16.8 Å². The highest BCUT2D eigenvalue weighted by Crippen LogP contribution is 2.27. The Bertz CT molecular complexity index is 410. The summed E-state index contributed by atoms with van der Waals surface area (Å²) in [6.07, 6.45) is 1.62. The molecule has 0 fully saturated rings. The first-order chi connectivity index (χ1) is 8.29. The summed E-state index contributed by atoms with van der Waals surface area (Å²) in [5, 5.41) is 13.9. The molecule has 0 bridgehead atoms. The van der Waals surface area contributed by atoms with Crippen molar-refractivity contribution in [3.8, 4) is 0 Å². The van der Waals surface area contributed by atoms with Gasteiger partial charge in [-0.15, -0.1) is 0 Å². The van der Waals surface area contributed by atoms with Gasteiger partial charge in [0.25, 0.3) is 0 Å². The maximum Gasteiger partial charge on any atom is 0.331 e. The second-order valence-electron chi connectivity index (χ2n) is 4.43. The Hall–Kier alpha value is -1.37. The highest BCUT2D eigenvalue weighted by Gasteiger charge is 2.46. The van der Waals surface area contributed by atoms with Crippen molar-refractivity contribution in [2.24, 2.45) is 11.0 Å². The predicted molar refractivity (Wildman–Crippen MR) is 68.3 cm³/mol. The minimum Gasteiger partial charge on any atom is -0.479 e. The lowest BCUT2D eigenvalue weighted by Crippen LogP contribution is -2.51. The smallest absolute Gasteiger partial charge is 0.331 e. The van der Waals surface area contributed by atoms with E-state index in [4.69, 9.17) is 5.11 Å². The third-order valence-corrected chi connectivity index (χ3v) is 3.85. The highest BCUT2D eigenvalue weighted by molar-refractivity contribution is 8.13. The summed E-state index contributed by atoms with van der Waals surface area (Å²) in [7, 11) is 0. The van der Waals surface area contributed by atoms with E-state index >= 15 is 0 Å². The Balaban J connectivity index is 2.74. The number of nitrogens with zero attached hydrogens (tertiary/aromatic N) is 2. The zero-order valence-corrected chi connectivity index (χ0v) is 11.4. The van der Waals surface area contributed by atoms with Crippen molar-refractivity contribution in [3.05, 3.63) is 0 Å². The van der Waals surface area contributed by atoms with Crippen LogP contribution in [-0.2, 0) is 14.4 Å². The van der Waals surface area contributed by atoms with Crippen molar-refractivity contribution in [1.29, 1.82) is 0 Å². The predicted octanol–water partition coefficient (Wildman–Crippen LogP) is 0.964. The molecule has 0 saturated heterocycles. The molecule has 1 heterocycles. The van der Waals surface area contributed by atoms with Crippen LogP contribution >= 0.6 is 11.8 Å². The van der Waals surface area contributed by atoms with Crippen LogP contribution < -0.4 is 0 Å². The van der Waals surface area contributed by atoms with Crippen LogP contribution in [-0.4, -0.2) is 44.6 Å². The van der Waals surface area contributed by atoms with Crippen molar-refractivity contribution in [2.45, 2.75) is 32.7 Å². The van der Waals surface area contributed by atoms with E-state index in [1.165, 1.54) is 20.1 Å². The van der Waals surface area contributed by atoms with Gasteiger partial charge in [0.1, 0.15) is 0 Å². The molecule has 0 aliphatic carbocycles. The van der Waals surface area contributed by atoms with Crippen LogP contribution in [0.15, 0.2) is 5.10 Å². The lowest BCUT2D eigenvalue weighted by atomic mass is 9.98. The quantitative estimate of drug-likeness (QED) is 0.823. The van der Waals surface area contributed by atoms with Gasteiger partial charge in [0.2, 0.25) is 5.91 Å². The van der Waals surface area contributed by atoms with E-state index in [9.17, 15) is 14.4 Å². The number of amides is 1. The molecular weight excluding hydrogens is 256 g/mol. The van der Waals surface area contributed by atoms with E-state index in [-0.39, 0.29) is 17.4 Å². The van der Waals surface area contributed by atoms with Crippen molar-refractivity contribution in [1.82, 2.24) is 5.01 Å². The summed E-state index contributed by atoms with van der Waals surface area (Å²) in [5.74, 6) is -1.58. The third-order valence-electron chi connectivity index (χ3n) is 2.78. The molecule has 100 valence electrons. The maximum atomic E-state index is 12.1. The number of thioether (sulfide) groups is 1. The molecule has 18 heavy (non-hydrogen) atoms. The average molecular weight is 272 g/mol. The minimum atomic E-state index is -1.31. The standard InChI is InChI=1S/C11H16N2O4S/c1-7(6-18-8(2)14)9(15)13-11(3,10(16)17)4-5-12-13/h5,7H,4,6H2,1-3H3,(H,16,17). The molecule has 2 atom stereocenters. The average Bonchev–Trinajstić information content (AvgIpc) is 2.68. The van der Waals surface area contributed by atoms with Gasteiger partial charge in [-0.2, -0.15) is 5.10 Å². The summed E-state index contributed by atoms with van der Waals surface area (Å²) in [4.78, 5) is 34.1. The molecular formula is C11H16N2O4S. The zero-order chi connectivity index (χ0) is 13.9. The number of carboxylic acid groups (broad SMARTS) is 1. The molecule has 0 radical (unpaired) electrons. The van der Waals surface area contributed by atoms with Crippen LogP contribution in [0.25, 0.3) is 0 Å². The molecule has 0 aromatic rings. The van der Waals surface area contributed by atoms with E-state index in [1.54, 1.807) is 6.92 Å². The summed E-state index contributed by atoms with van der Waals surface area (Å²) in [6.45, 7) is 4.55.